The first-order valence-corrected chi connectivity index (χ1v) is 6.31. The van der Waals surface area contributed by atoms with Crippen LogP contribution in [0.1, 0.15) is 52.1 Å². The minimum absolute atomic E-state index is 0.419. The maximum atomic E-state index is 3.57. The van der Waals surface area contributed by atoms with Gasteiger partial charge in [-0.25, -0.2) is 0 Å². The highest BCUT2D eigenvalue weighted by Gasteiger charge is 2.15. The molecule has 1 N–H and O–H groups in total. The van der Waals surface area contributed by atoms with Gasteiger partial charge < -0.3 is 5.32 Å². The van der Waals surface area contributed by atoms with E-state index in [2.05, 4.69) is 63.3 Å². The summed E-state index contributed by atoms with van der Waals surface area (Å²) in [5.41, 5.74) is 1.83. The van der Waals surface area contributed by atoms with Crippen molar-refractivity contribution < 1.29 is 0 Å². The third-order valence-electron chi connectivity index (χ3n) is 2.84. The SMILES string of the molecule is CCNC(CCC(C)(C)C)c1ccccc1. The highest BCUT2D eigenvalue weighted by atomic mass is 14.9. The van der Waals surface area contributed by atoms with Gasteiger partial charge in [-0.1, -0.05) is 58.0 Å². The van der Waals surface area contributed by atoms with Crippen molar-refractivity contribution in [1.29, 1.82) is 0 Å². The van der Waals surface area contributed by atoms with Crippen LogP contribution in [0.25, 0.3) is 0 Å². The van der Waals surface area contributed by atoms with Crippen LogP contribution in [0.2, 0.25) is 0 Å². The molecule has 0 aliphatic rings. The normalized spacial score (nSPS) is 13.8. The zero-order chi connectivity index (χ0) is 12.0. The second-order valence-corrected chi connectivity index (χ2v) is 5.62. The zero-order valence-electron chi connectivity index (χ0n) is 11.1. The van der Waals surface area contributed by atoms with Gasteiger partial charge in [0.05, 0.1) is 0 Å². The Morgan fingerprint density at radius 1 is 1.12 bits per heavy atom. The third kappa shape index (κ3) is 4.80. The third-order valence-corrected chi connectivity index (χ3v) is 2.84. The van der Waals surface area contributed by atoms with Crippen LogP contribution in [0.3, 0.4) is 0 Å². The van der Waals surface area contributed by atoms with Crippen molar-refractivity contribution in [2.75, 3.05) is 6.54 Å². The quantitative estimate of drug-likeness (QED) is 0.784. The first kappa shape index (κ1) is 13.2. The molecule has 1 rings (SSSR count). The predicted molar refractivity (Wildman–Crippen MR) is 71.5 cm³/mol. The van der Waals surface area contributed by atoms with Crippen molar-refractivity contribution in [2.24, 2.45) is 5.41 Å². The van der Waals surface area contributed by atoms with Crippen molar-refractivity contribution in [3.05, 3.63) is 35.9 Å². The van der Waals surface area contributed by atoms with E-state index in [0.717, 1.165) is 6.54 Å². The molecule has 1 unspecified atom stereocenters. The fourth-order valence-corrected chi connectivity index (χ4v) is 1.90. The van der Waals surface area contributed by atoms with E-state index >= 15 is 0 Å². The van der Waals surface area contributed by atoms with Gasteiger partial charge in [-0.3, -0.25) is 0 Å². The molecule has 0 aliphatic heterocycles. The molecule has 1 nitrogen and oxygen atoms in total. The van der Waals surface area contributed by atoms with Gasteiger partial charge in [0.1, 0.15) is 0 Å². The topological polar surface area (TPSA) is 12.0 Å². The van der Waals surface area contributed by atoms with E-state index in [1.165, 1.54) is 18.4 Å². The molecule has 0 saturated heterocycles. The van der Waals surface area contributed by atoms with E-state index in [9.17, 15) is 0 Å². The van der Waals surface area contributed by atoms with Gasteiger partial charge in [0.25, 0.3) is 0 Å². The molecule has 0 saturated carbocycles. The standard InChI is InChI=1S/C15H25N/c1-5-16-14(11-12-15(2,3)4)13-9-7-6-8-10-13/h6-10,14,16H,5,11-12H2,1-4H3. The lowest BCUT2D eigenvalue weighted by Gasteiger charge is -2.24. The summed E-state index contributed by atoms with van der Waals surface area (Å²) >= 11 is 0. The summed E-state index contributed by atoms with van der Waals surface area (Å²) in [6, 6.07) is 11.3. The van der Waals surface area contributed by atoms with Crippen LogP contribution in [-0.4, -0.2) is 6.54 Å². The van der Waals surface area contributed by atoms with Gasteiger partial charge in [0.2, 0.25) is 0 Å². The molecule has 1 heteroatoms. The number of nitrogens with one attached hydrogen (secondary N) is 1. The van der Waals surface area contributed by atoms with Crippen LogP contribution >= 0.6 is 0 Å². The van der Waals surface area contributed by atoms with Crippen LogP contribution in [0.4, 0.5) is 0 Å². The lowest BCUT2D eigenvalue weighted by molar-refractivity contribution is 0.334. The van der Waals surface area contributed by atoms with Crippen LogP contribution in [0.15, 0.2) is 30.3 Å². The Morgan fingerprint density at radius 3 is 2.25 bits per heavy atom. The zero-order valence-corrected chi connectivity index (χ0v) is 11.1. The Kier molecular flexibility index (Phi) is 5.01. The molecule has 16 heavy (non-hydrogen) atoms. The summed E-state index contributed by atoms with van der Waals surface area (Å²) < 4.78 is 0. The van der Waals surface area contributed by atoms with Crippen LogP contribution in [0, 0.1) is 5.41 Å². The highest BCUT2D eigenvalue weighted by molar-refractivity contribution is 5.18. The van der Waals surface area contributed by atoms with Crippen molar-refractivity contribution in [3.8, 4) is 0 Å². The second-order valence-electron chi connectivity index (χ2n) is 5.62. The average Bonchev–Trinajstić information content (AvgIpc) is 2.24. The van der Waals surface area contributed by atoms with E-state index in [-0.39, 0.29) is 0 Å². The number of benzene rings is 1. The summed E-state index contributed by atoms with van der Waals surface area (Å²) in [7, 11) is 0. The molecule has 0 amide bonds. The number of hydrogen-bond acceptors (Lipinski definition) is 1. The van der Waals surface area contributed by atoms with Crippen molar-refractivity contribution in [3.63, 3.8) is 0 Å². The molecule has 90 valence electrons. The molecule has 1 atom stereocenters. The van der Waals surface area contributed by atoms with Gasteiger partial charge in [-0.2, -0.15) is 0 Å². The van der Waals surface area contributed by atoms with E-state index < -0.39 is 0 Å². The fraction of sp³-hybridized carbons (Fsp3) is 0.600. The van der Waals surface area contributed by atoms with Gasteiger partial charge in [0.15, 0.2) is 0 Å². The molecule has 0 spiro atoms. The molecule has 1 aromatic carbocycles. The lowest BCUT2D eigenvalue weighted by Crippen LogP contribution is -2.22. The molecule has 0 aromatic heterocycles. The Bertz CT molecular complexity index is 284. The maximum absolute atomic E-state index is 3.57. The van der Waals surface area contributed by atoms with Gasteiger partial charge in [0, 0.05) is 6.04 Å². The summed E-state index contributed by atoms with van der Waals surface area (Å²) in [6.07, 6.45) is 2.46. The fourth-order valence-electron chi connectivity index (χ4n) is 1.90. The van der Waals surface area contributed by atoms with Crippen LogP contribution < -0.4 is 5.32 Å². The molecule has 0 radical (unpaired) electrons. The largest absolute Gasteiger partial charge is 0.310 e. The second kappa shape index (κ2) is 6.05. The molecule has 0 bridgehead atoms. The van der Waals surface area contributed by atoms with E-state index in [0.29, 0.717) is 11.5 Å². The Labute approximate surface area is 100 Å². The number of hydrogen-bond donors (Lipinski definition) is 1. The van der Waals surface area contributed by atoms with E-state index in [1.54, 1.807) is 0 Å². The molecule has 0 fully saturated rings. The Balaban J connectivity index is 2.61. The maximum Gasteiger partial charge on any atom is 0.0320 e. The van der Waals surface area contributed by atoms with Gasteiger partial charge >= 0.3 is 0 Å². The van der Waals surface area contributed by atoms with E-state index in [4.69, 9.17) is 0 Å². The molecular formula is C15H25N. The summed E-state index contributed by atoms with van der Waals surface area (Å²) in [4.78, 5) is 0. The first-order chi connectivity index (χ1) is 7.53. The highest BCUT2D eigenvalue weighted by Crippen LogP contribution is 2.27. The summed E-state index contributed by atoms with van der Waals surface area (Å²) in [5, 5.41) is 3.57. The van der Waals surface area contributed by atoms with Gasteiger partial charge in [-0.05, 0) is 30.4 Å². The Morgan fingerprint density at radius 2 is 1.75 bits per heavy atom. The van der Waals surface area contributed by atoms with Crippen LogP contribution in [-0.2, 0) is 0 Å². The molecule has 1 aromatic rings. The van der Waals surface area contributed by atoms with Crippen LogP contribution in [0.5, 0.6) is 0 Å². The first-order valence-electron chi connectivity index (χ1n) is 6.31. The van der Waals surface area contributed by atoms with E-state index in [1.807, 2.05) is 0 Å². The molecular weight excluding hydrogens is 194 g/mol. The Hall–Kier alpha value is -0.820. The van der Waals surface area contributed by atoms with Crippen molar-refractivity contribution in [1.82, 2.24) is 5.32 Å². The monoisotopic (exact) mass is 219 g/mol. The molecule has 0 aliphatic carbocycles. The summed E-state index contributed by atoms with van der Waals surface area (Å²) in [5.74, 6) is 0. The average molecular weight is 219 g/mol. The minimum atomic E-state index is 0.419. The molecule has 0 heterocycles. The predicted octanol–water partition coefficient (Wildman–Crippen LogP) is 4.16. The summed E-state index contributed by atoms with van der Waals surface area (Å²) in [6.45, 7) is 10.1. The minimum Gasteiger partial charge on any atom is -0.310 e. The van der Waals surface area contributed by atoms with Gasteiger partial charge in [-0.15, -0.1) is 0 Å². The van der Waals surface area contributed by atoms with Crippen molar-refractivity contribution in [2.45, 2.75) is 46.6 Å². The smallest absolute Gasteiger partial charge is 0.0320 e. The van der Waals surface area contributed by atoms with Crippen molar-refractivity contribution >= 4 is 0 Å². The number of rotatable bonds is 5. The lowest BCUT2D eigenvalue weighted by atomic mass is 9.87.